The number of carbonyl (C=O) groups is 2. The van der Waals surface area contributed by atoms with Gasteiger partial charge in [0, 0.05) is 22.8 Å². The van der Waals surface area contributed by atoms with Gasteiger partial charge in [-0.1, -0.05) is 0 Å². The van der Waals surface area contributed by atoms with Crippen molar-refractivity contribution in [1.29, 1.82) is 0 Å². The summed E-state index contributed by atoms with van der Waals surface area (Å²) in [5, 5.41) is 13.1. The minimum atomic E-state index is -0.898. The summed E-state index contributed by atoms with van der Waals surface area (Å²) in [7, 11) is 1.22. The van der Waals surface area contributed by atoms with E-state index in [9.17, 15) is 19.7 Å². The second-order valence-corrected chi connectivity index (χ2v) is 6.88. The van der Waals surface area contributed by atoms with E-state index in [0.29, 0.717) is 0 Å². The summed E-state index contributed by atoms with van der Waals surface area (Å²) in [6.07, 6.45) is -0.720. The average Bonchev–Trinajstić information content (AvgIpc) is 2.49. The smallest absolute Gasteiger partial charge is 0.408 e. The van der Waals surface area contributed by atoms with Crippen LogP contribution in [0.3, 0.4) is 0 Å². The number of carbonyl (C=O) groups excluding carboxylic acids is 2. The summed E-state index contributed by atoms with van der Waals surface area (Å²) in [6.45, 7) is 5.14. The predicted octanol–water partition coefficient (Wildman–Crippen LogP) is 2.75. The third-order valence-corrected chi connectivity index (χ3v) is 3.75. The lowest BCUT2D eigenvalue weighted by Crippen LogP contribution is -2.45. The molecule has 1 atom stereocenters. The Hall–Kier alpha value is -2.29. The van der Waals surface area contributed by atoms with Gasteiger partial charge in [0.2, 0.25) is 0 Å². The number of hydrogen-bond acceptors (Lipinski definition) is 7. The molecule has 132 valence electrons. The number of ether oxygens (including phenoxy) is 2. The van der Waals surface area contributed by atoms with Crippen molar-refractivity contribution in [3.8, 4) is 0 Å². The van der Waals surface area contributed by atoms with E-state index >= 15 is 0 Å². The van der Waals surface area contributed by atoms with E-state index in [2.05, 4.69) is 10.1 Å². The molecule has 0 radical (unpaired) electrons. The number of nitro benzene ring substituents is 1. The van der Waals surface area contributed by atoms with E-state index in [0.717, 1.165) is 4.90 Å². The van der Waals surface area contributed by atoms with Crippen LogP contribution in [0, 0.1) is 10.1 Å². The largest absolute Gasteiger partial charge is 0.467 e. The summed E-state index contributed by atoms with van der Waals surface area (Å²) in [5.41, 5.74) is -0.702. The molecule has 0 aliphatic carbocycles. The molecule has 0 saturated heterocycles. The zero-order valence-corrected chi connectivity index (χ0v) is 14.7. The van der Waals surface area contributed by atoms with E-state index < -0.39 is 28.6 Å². The van der Waals surface area contributed by atoms with E-state index in [1.54, 1.807) is 32.9 Å². The van der Waals surface area contributed by atoms with Gasteiger partial charge in [-0.3, -0.25) is 10.1 Å². The summed E-state index contributed by atoms with van der Waals surface area (Å²) in [5.74, 6) is -0.403. The Balaban J connectivity index is 2.67. The van der Waals surface area contributed by atoms with E-state index in [1.807, 2.05) is 0 Å². The Labute approximate surface area is 144 Å². The molecule has 0 spiro atoms. The molecule has 1 amide bonds. The first-order valence-electron chi connectivity index (χ1n) is 7.07. The number of nitrogens with zero attached hydrogens (tertiary/aromatic N) is 1. The SMILES string of the molecule is COC(=O)[C@H](CSc1ccc([N+](=O)[O-])cc1)NC(=O)OC(C)(C)C. The standard InChI is InChI=1S/C15H20N2O6S/c1-15(2,3)23-14(19)16-12(13(18)22-4)9-24-11-7-5-10(6-8-11)17(20)21/h5-8,12H,9H2,1-4H3,(H,16,19)/t12-/m0/s1. The molecule has 1 N–H and O–H groups in total. The molecule has 0 heterocycles. The van der Waals surface area contributed by atoms with Gasteiger partial charge >= 0.3 is 12.1 Å². The first-order chi connectivity index (χ1) is 11.1. The lowest BCUT2D eigenvalue weighted by Gasteiger charge is -2.22. The van der Waals surface area contributed by atoms with Crippen molar-refractivity contribution in [2.24, 2.45) is 0 Å². The summed E-state index contributed by atoms with van der Waals surface area (Å²) >= 11 is 1.26. The third kappa shape index (κ3) is 6.86. The van der Waals surface area contributed by atoms with Crippen LogP contribution in [0.4, 0.5) is 10.5 Å². The highest BCUT2D eigenvalue weighted by Gasteiger charge is 2.25. The number of benzene rings is 1. The monoisotopic (exact) mass is 356 g/mol. The molecule has 9 heteroatoms. The van der Waals surface area contributed by atoms with Crippen LogP contribution in [-0.4, -0.2) is 41.5 Å². The van der Waals surface area contributed by atoms with Crippen molar-refractivity contribution in [3.05, 3.63) is 34.4 Å². The Morgan fingerprint density at radius 2 is 1.88 bits per heavy atom. The Bertz CT molecular complexity index is 597. The quantitative estimate of drug-likeness (QED) is 0.361. The normalized spacial score (nSPS) is 12.2. The van der Waals surface area contributed by atoms with Crippen molar-refractivity contribution < 1.29 is 24.0 Å². The van der Waals surface area contributed by atoms with E-state index in [1.165, 1.54) is 31.0 Å². The number of non-ortho nitro benzene ring substituents is 1. The molecular weight excluding hydrogens is 336 g/mol. The van der Waals surface area contributed by atoms with E-state index in [-0.39, 0.29) is 11.4 Å². The van der Waals surface area contributed by atoms with Crippen LogP contribution in [0.15, 0.2) is 29.2 Å². The van der Waals surface area contributed by atoms with Gasteiger partial charge in [0.25, 0.3) is 5.69 Å². The fraction of sp³-hybridized carbons (Fsp3) is 0.467. The van der Waals surface area contributed by atoms with Crippen LogP contribution in [0.2, 0.25) is 0 Å². The van der Waals surface area contributed by atoms with Gasteiger partial charge < -0.3 is 14.8 Å². The van der Waals surface area contributed by atoms with Crippen molar-refractivity contribution in [3.63, 3.8) is 0 Å². The van der Waals surface area contributed by atoms with Gasteiger partial charge in [0.1, 0.15) is 11.6 Å². The van der Waals surface area contributed by atoms with Crippen LogP contribution in [0.5, 0.6) is 0 Å². The van der Waals surface area contributed by atoms with Crippen LogP contribution < -0.4 is 5.32 Å². The minimum Gasteiger partial charge on any atom is -0.467 e. The molecule has 1 rings (SSSR count). The van der Waals surface area contributed by atoms with Gasteiger partial charge in [-0.25, -0.2) is 9.59 Å². The minimum absolute atomic E-state index is 0.0178. The molecular formula is C15H20N2O6S. The number of amides is 1. The predicted molar refractivity (Wildman–Crippen MR) is 89.0 cm³/mol. The van der Waals surface area contributed by atoms with Crippen LogP contribution in [-0.2, 0) is 14.3 Å². The van der Waals surface area contributed by atoms with Crippen molar-refractivity contribution >= 4 is 29.5 Å². The highest BCUT2D eigenvalue weighted by molar-refractivity contribution is 7.99. The molecule has 0 unspecified atom stereocenters. The highest BCUT2D eigenvalue weighted by atomic mass is 32.2. The lowest BCUT2D eigenvalue weighted by atomic mass is 10.2. The zero-order valence-electron chi connectivity index (χ0n) is 13.9. The molecule has 0 aliphatic rings. The van der Waals surface area contributed by atoms with Gasteiger partial charge in [-0.05, 0) is 32.9 Å². The average molecular weight is 356 g/mol. The number of alkyl carbamates (subject to hydrolysis) is 1. The number of nitrogens with one attached hydrogen (secondary N) is 1. The lowest BCUT2D eigenvalue weighted by molar-refractivity contribution is -0.384. The molecule has 24 heavy (non-hydrogen) atoms. The zero-order chi connectivity index (χ0) is 18.3. The molecule has 0 aliphatic heterocycles. The number of esters is 1. The maximum absolute atomic E-state index is 11.8. The molecule has 0 bridgehead atoms. The van der Waals surface area contributed by atoms with Crippen LogP contribution in [0.25, 0.3) is 0 Å². The summed E-state index contributed by atoms with van der Waals surface area (Å²) < 4.78 is 9.79. The maximum Gasteiger partial charge on any atom is 0.408 e. The van der Waals surface area contributed by atoms with Gasteiger partial charge in [-0.2, -0.15) is 0 Å². The number of thioether (sulfide) groups is 1. The summed E-state index contributed by atoms with van der Waals surface area (Å²) in [4.78, 5) is 34.4. The van der Waals surface area contributed by atoms with Crippen molar-refractivity contribution in [2.75, 3.05) is 12.9 Å². The molecule has 0 fully saturated rings. The van der Waals surface area contributed by atoms with Crippen molar-refractivity contribution in [2.45, 2.75) is 37.3 Å². The number of hydrogen-bond donors (Lipinski definition) is 1. The Kier molecular flexibility index (Phi) is 7.02. The first kappa shape index (κ1) is 19.8. The molecule has 0 saturated carbocycles. The second kappa shape index (κ2) is 8.53. The first-order valence-corrected chi connectivity index (χ1v) is 8.05. The molecule has 0 aromatic heterocycles. The van der Waals surface area contributed by atoms with Gasteiger partial charge in [0.15, 0.2) is 0 Å². The Morgan fingerprint density at radius 3 is 2.33 bits per heavy atom. The molecule has 1 aromatic carbocycles. The maximum atomic E-state index is 11.8. The molecule has 1 aromatic rings. The number of rotatable bonds is 6. The third-order valence-electron chi connectivity index (χ3n) is 2.64. The summed E-state index contributed by atoms with van der Waals surface area (Å²) in [6, 6.07) is 4.99. The van der Waals surface area contributed by atoms with Crippen LogP contribution in [0.1, 0.15) is 20.8 Å². The fourth-order valence-electron chi connectivity index (χ4n) is 1.60. The number of nitro groups is 1. The highest BCUT2D eigenvalue weighted by Crippen LogP contribution is 2.22. The number of methoxy groups -OCH3 is 1. The van der Waals surface area contributed by atoms with Gasteiger partial charge in [-0.15, -0.1) is 11.8 Å². The van der Waals surface area contributed by atoms with Gasteiger partial charge in [0.05, 0.1) is 12.0 Å². The Morgan fingerprint density at radius 1 is 1.29 bits per heavy atom. The van der Waals surface area contributed by atoms with E-state index in [4.69, 9.17) is 4.74 Å². The topological polar surface area (TPSA) is 108 Å². The fourth-order valence-corrected chi connectivity index (χ4v) is 2.51. The molecule has 8 nitrogen and oxygen atoms in total. The second-order valence-electron chi connectivity index (χ2n) is 5.78. The van der Waals surface area contributed by atoms with Crippen LogP contribution >= 0.6 is 11.8 Å². The van der Waals surface area contributed by atoms with Crippen molar-refractivity contribution in [1.82, 2.24) is 5.32 Å².